The molecule has 2 rings (SSSR count). The molecule has 6 heteroatoms. The van der Waals surface area contributed by atoms with Crippen molar-refractivity contribution in [3.8, 4) is 17.2 Å². The Hall–Kier alpha value is -2.73. The highest BCUT2D eigenvalue weighted by Gasteiger charge is 2.20. The van der Waals surface area contributed by atoms with Crippen LogP contribution in [0.5, 0.6) is 17.2 Å². The molecule has 0 bridgehead atoms. The minimum atomic E-state index is -0.114. The number of ether oxygens (including phenoxy) is 4. The van der Waals surface area contributed by atoms with Gasteiger partial charge in [-0.15, -0.1) is 0 Å². The molecular weight excluding hydrogens is 346 g/mol. The standard InChI is InChI=1S/C21H27NO5/c1-22(11-8-12-24-2)21(23)17-13-18(25-3)20(19(14-17)26-4)27-15-16-9-6-5-7-10-16/h5-7,9-10,13-14H,8,11-12,15H2,1-4H3. The summed E-state index contributed by atoms with van der Waals surface area (Å²) in [6.45, 7) is 1.58. The SMILES string of the molecule is COCCCN(C)C(=O)c1cc(OC)c(OCc2ccccc2)c(OC)c1. The van der Waals surface area contributed by atoms with Crippen molar-refractivity contribution in [2.24, 2.45) is 0 Å². The molecule has 0 spiro atoms. The molecule has 0 fully saturated rings. The van der Waals surface area contributed by atoms with Gasteiger partial charge in [-0.05, 0) is 24.1 Å². The smallest absolute Gasteiger partial charge is 0.253 e. The average Bonchev–Trinajstić information content (AvgIpc) is 2.71. The van der Waals surface area contributed by atoms with Crippen LogP contribution in [-0.4, -0.2) is 52.3 Å². The van der Waals surface area contributed by atoms with E-state index in [1.165, 1.54) is 0 Å². The van der Waals surface area contributed by atoms with Crippen molar-refractivity contribution in [1.29, 1.82) is 0 Å². The topological polar surface area (TPSA) is 57.2 Å². The Morgan fingerprint density at radius 2 is 1.63 bits per heavy atom. The predicted molar refractivity (Wildman–Crippen MR) is 104 cm³/mol. The predicted octanol–water partition coefficient (Wildman–Crippen LogP) is 3.39. The zero-order valence-electron chi connectivity index (χ0n) is 16.4. The fourth-order valence-corrected chi connectivity index (χ4v) is 2.64. The zero-order chi connectivity index (χ0) is 19.6. The van der Waals surface area contributed by atoms with Crippen molar-refractivity contribution in [3.63, 3.8) is 0 Å². The quantitative estimate of drug-likeness (QED) is 0.598. The first-order valence-corrected chi connectivity index (χ1v) is 8.77. The van der Waals surface area contributed by atoms with Gasteiger partial charge in [0.05, 0.1) is 14.2 Å². The monoisotopic (exact) mass is 373 g/mol. The molecule has 0 saturated heterocycles. The summed E-state index contributed by atoms with van der Waals surface area (Å²) in [7, 11) is 6.49. The third-order valence-corrected chi connectivity index (χ3v) is 4.12. The number of hydrogen-bond acceptors (Lipinski definition) is 5. The molecule has 2 aromatic carbocycles. The molecule has 6 nitrogen and oxygen atoms in total. The van der Waals surface area contributed by atoms with E-state index in [0.29, 0.717) is 42.6 Å². The second-order valence-electron chi connectivity index (χ2n) is 6.06. The van der Waals surface area contributed by atoms with Gasteiger partial charge in [-0.2, -0.15) is 0 Å². The fraction of sp³-hybridized carbons (Fsp3) is 0.381. The highest BCUT2D eigenvalue weighted by atomic mass is 16.5. The zero-order valence-corrected chi connectivity index (χ0v) is 16.4. The number of amides is 1. The summed E-state index contributed by atoms with van der Waals surface area (Å²) in [4.78, 5) is 14.3. The minimum Gasteiger partial charge on any atom is -0.493 e. The van der Waals surface area contributed by atoms with Crippen molar-refractivity contribution in [2.75, 3.05) is 41.5 Å². The number of nitrogens with zero attached hydrogens (tertiary/aromatic N) is 1. The largest absolute Gasteiger partial charge is 0.493 e. The van der Waals surface area contributed by atoms with Gasteiger partial charge in [-0.3, -0.25) is 4.79 Å². The number of benzene rings is 2. The highest BCUT2D eigenvalue weighted by molar-refractivity contribution is 5.95. The van der Waals surface area contributed by atoms with E-state index in [1.807, 2.05) is 30.3 Å². The van der Waals surface area contributed by atoms with Crippen LogP contribution in [0.1, 0.15) is 22.3 Å². The lowest BCUT2D eigenvalue weighted by Crippen LogP contribution is -2.28. The number of rotatable bonds is 10. The summed E-state index contributed by atoms with van der Waals surface area (Å²) in [6.07, 6.45) is 0.769. The molecule has 0 radical (unpaired) electrons. The third-order valence-electron chi connectivity index (χ3n) is 4.12. The van der Waals surface area contributed by atoms with Crippen LogP contribution in [-0.2, 0) is 11.3 Å². The summed E-state index contributed by atoms with van der Waals surface area (Å²) >= 11 is 0. The molecule has 27 heavy (non-hydrogen) atoms. The fourth-order valence-electron chi connectivity index (χ4n) is 2.64. The van der Waals surface area contributed by atoms with Crippen LogP contribution in [0.2, 0.25) is 0 Å². The van der Waals surface area contributed by atoms with Gasteiger partial charge in [-0.25, -0.2) is 0 Å². The Kier molecular flexibility index (Phi) is 7.95. The number of carbonyl (C=O) groups is 1. The third kappa shape index (κ3) is 5.62. The normalized spacial score (nSPS) is 10.4. The highest BCUT2D eigenvalue weighted by Crippen LogP contribution is 2.39. The molecular formula is C21H27NO5. The van der Waals surface area contributed by atoms with Gasteiger partial charge in [0.2, 0.25) is 5.75 Å². The Balaban J connectivity index is 2.20. The molecule has 0 heterocycles. The summed E-state index contributed by atoms with van der Waals surface area (Å²) in [5.41, 5.74) is 1.51. The molecule has 0 aliphatic heterocycles. The number of methoxy groups -OCH3 is 3. The van der Waals surface area contributed by atoms with Crippen molar-refractivity contribution >= 4 is 5.91 Å². The van der Waals surface area contributed by atoms with Gasteiger partial charge in [-0.1, -0.05) is 30.3 Å². The Morgan fingerprint density at radius 1 is 1.00 bits per heavy atom. The van der Waals surface area contributed by atoms with Crippen LogP contribution < -0.4 is 14.2 Å². The molecule has 0 aliphatic carbocycles. The molecule has 0 saturated carbocycles. The molecule has 0 atom stereocenters. The van der Waals surface area contributed by atoms with Crippen molar-refractivity contribution in [1.82, 2.24) is 4.90 Å². The van der Waals surface area contributed by atoms with E-state index in [1.54, 1.807) is 45.4 Å². The van der Waals surface area contributed by atoms with Gasteiger partial charge in [0, 0.05) is 32.9 Å². The maximum absolute atomic E-state index is 12.7. The summed E-state index contributed by atoms with van der Waals surface area (Å²) < 4.78 is 21.9. The van der Waals surface area contributed by atoms with E-state index in [-0.39, 0.29) is 5.91 Å². The van der Waals surface area contributed by atoms with Crippen LogP contribution >= 0.6 is 0 Å². The van der Waals surface area contributed by atoms with E-state index < -0.39 is 0 Å². The van der Waals surface area contributed by atoms with Crippen LogP contribution in [0.3, 0.4) is 0 Å². The Bertz CT molecular complexity index is 708. The van der Waals surface area contributed by atoms with Gasteiger partial charge < -0.3 is 23.8 Å². The number of carbonyl (C=O) groups excluding carboxylic acids is 1. The molecule has 1 amide bonds. The lowest BCUT2D eigenvalue weighted by atomic mass is 10.1. The minimum absolute atomic E-state index is 0.114. The summed E-state index contributed by atoms with van der Waals surface area (Å²) in [6, 6.07) is 13.2. The molecule has 0 aliphatic rings. The second-order valence-corrected chi connectivity index (χ2v) is 6.06. The summed E-state index contributed by atoms with van der Waals surface area (Å²) in [5.74, 6) is 1.28. The van der Waals surface area contributed by atoms with Crippen LogP contribution in [0, 0.1) is 0 Å². The van der Waals surface area contributed by atoms with Gasteiger partial charge in [0.15, 0.2) is 11.5 Å². The molecule has 0 unspecified atom stereocenters. The Labute approximate surface area is 160 Å². The van der Waals surface area contributed by atoms with Crippen molar-refractivity contribution in [3.05, 3.63) is 53.6 Å². The maximum atomic E-state index is 12.7. The van der Waals surface area contributed by atoms with Gasteiger partial charge >= 0.3 is 0 Å². The van der Waals surface area contributed by atoms with E-state index in [9.17, 15) is 4.79 Å². The molecule has 0 N–H and O–H groups in total. The first kappa shape index (κ1) is 20.6. The Morgan fingerprint density at radius 3 is 2.19 bits per heavy atom. The number of hydrogen-bond donors (Lipinski definition) is 0. The molecule has 0 aromatic heterocycles. The first-order chi connectivity index (χ1) is 13.1. The van der Waals surface area contributed by atoms with E-state index >= 15 is 0 Å². The average molecular weight is 373 g/mol. The van der Waals surface area contributed by atoms with Crippen LogP contribution in [0.15, 0.2) is 42.5 Å². The van der Waals surface area contributed by atoms with Crippen molar-refractivity contribution in [2.45, 2.75) is 13.0 Å². The second kappa shape index (κ2) is 10.4. The van der Waals surface area contributed by atoms with Crippen LogP contribution in [0.4, 0.5) is 0 Å². The molecule has 2 aromatic rings. The maximum Gasteiger partial charge on any atom is 0.253 e. The van der Waals surface area contributed by atoms with E-state index in [4.69, 9.17) is 18.9 Å². The van der Waals surface area contributed by atoms with Gasteiger partial charge in [0.1, 0.15) is 6.61 Å². The summed E-state index contributed by atoms with van der Waals surface area (Å²) in [5, 5.41) is 0. The lowest BCUT2D eigenvalue weighted by Gasteiger charge is -2.20. The molecule has 146 valence electrons. The van der Waals surface area contributed by atoms with Gasteiger partial charge in [0.25, 0.3) is 5.91 Å². The van der Waals surface area contributed by atoms with Crippen molar-refractivity contribution < 1.29 is 23.7 Å². The lowest BCUT2D eigenvalue weighted by molar-refractivity contribution is 0.0778. The first-order valence-electron chi connectivity index (χ1n) is 8.77. The van der Waals surface area contributed by atoms with Crippen LogP contribution in [0.25, 0.3) is 0 Å². The van der Waals surface area contributed by atoms with E-state index in [0.717, 1.165) is 12.0 Å². The van der Waals surface area contributed by atoms with E-state index in [2.05, 4.69) is 0 Å².